The van der Waals surface area contributed by atoms with Crippen molar-refractivity contribution in [2.45, 2.75) is 25.9 Å². The Labute approximate surface area is 120 Å². The number of benzene rings is 1. The summed E-state index contributed by atoms with van der Waals surface area (Å²) in [5, 5.41) is 10.2. The molecule has 2 unspecified atom stereocenters. The van der Waals surface area contributed by atoms with Gasteiger partial charge in [0.25, 0.3) is 0 Å². The minimum atomic E-state index is -0.201. The molecule has 0 aliphatic carbocycles. The van der Waals surface area contributed by atoms with Gasteiger partial charge in [-0.05, 0) is 31.2 Å². The van der Waals surface area contributed by atoms with Gasteiger partial charge >= 0.3 is 0 Å². The van der Waals surface area contributed by atoms with Crippen LogP contribution in [0.3, 0.4) is 0 Å². The fraction of sp³-hybridized carbons (Fsp3) is 0.533. The van der Waals surface area contributed by atoms with Crippen molar-refractivity contribution in [2.24, 2.45) is 0 Å². The number of nitrogens with zero attached hydrogens (tertiary/aromatic N) is 3. The van der Waals surface area contributed by atoms with Gasteiger partial charge in [-0.1, -0.05) is 30.7 Å². The molecule has 1 heterocycles. The summed E-state index contributed by atoms with van der Waals surface area (Å²) >= 11 is 6.03. The summed E-state index contributed by atoms with van der Waals surface area (Å²) in [7, 11) is 0. The fourth-order valence-electron chi connectivity index (χ4n) is 2.73. The minimum Gasteiger partial charge on any atom is -0.301 e. The molecule has 0 radical (unpaired) electrons. The van der Waals surface area contributed by atoms with E-state index in [4.69, 9.17) is 11.6 Å². The Kier molecular flexibility index (Phi) is 4.81. The lowest BCUT2D eigenvalue weighted by molar-refractivity contribution is 0.0683. The van der Waals surface area contributed by atoms with Gasteiger partial charge in [0, 0.05) is 30.7 Å². The van der Waals surface area contributed by atoms with E-state index in [2.05, 4.69) is 29.7 Å². The summed E-state index contributed by atoms with van der Waals surface area (Å²) in [6, 6.07) is 10.3. The van der Waals surface area contributed by atoms with Gasteiger partial charge in [0.05, 0.1) is 6.07 Å². The molecule has 0 bridgehead atoms. The largest absolute Gasteiger partial charge is 0.301 e. The Morgan fingerprint density at radius 2 is 2.26 bits per heavy atom. The summed E-state index contributed by atoms with van der Waals surface area (Å²) in [5.74, 6) is 0. The molecular weight excluding hydrogens is 258 g/mol. The molecule has 1 aromatic carbocycles. The van der Waals surface area contributed by atoms with Crippen LogP contribution in [0.5, 0.6) is 0 Å². The van der Waals surface area contributed by atoms with Crippen LogP contribution in [-0.2, 0) is 0 Å². The average Bonchev–Trinajstić information content (AvgIpc) is 2.41. The van der Waals surface area contributed by atoms with Gasteiger partial charge in [-0.2, -0.15) is 5.26 Å². The zero-order valence-electron chi connectivity index (χ0n) is 11.5. The standard InChI is InChI=1S/C15H20ClN3/c1-3-18-7-8-19(12(2)11-18)15(10-17)13-5-4-6-14(16)9-13/h4-6,9,12,15H,3,7-8,11H2,1-2H3. The van der Waals surface area contributed by atoms with Crippen molar-refractivity contribution in [3.63, 3.8) is 0 Å². The summed E-state index contributed by atoms with van der Waals surface area (Å²) < 4.78 is 0. The first-order valence-electron chi connectivity index (χ1n) is 6.79. The predicted molar refractivity (Wildman–Crippen MR) is 78.1 cm³/mol. The Bertz CT molecular complexity index is 469. The highest BCUT2D eigenvalue weighted by molar-refractivity contribution is 6.30. The van der Waals surface area contributed by atoms with Gasteiger partial charge in [0.2, 0.25) is 0 Å². The summed E-state index contributed by atoms with van der Waals surface area (Å²) in [4.78, 5) is 4.70. The zero-order valence-corrected chi connectivity index (χ0v) is 12.3. The second kappa shape index (κ2) is 6.38. The summed E-state index contributed by atoms with van der Waals surface area (Å²) in [5.41, 5.74) is 0.992. The average molecular weight is 278 g/mol. The van der Waals surface area contributed by atoms with Crippen molar-refractivity contribution < 1.29 is 0 Å². The number of halogens is 1. The molecule has 0 spiro atoms. The normalized spacial score (nSPS) is 22.9. The van der Waals surface area contributed by atoms with E-state index in [0.29, 0.717) is 11.1 Å². The Morgan fingerprint density at radius 1 is 1.47 bits per heavy atom. The second-order valence-corrected chi connectivity index (χ2v) is 5.50. The third kappa shape index (κ3) is 3.27. The molecule has 1 aromatic rings. The topological polar surface area (TPSA) is 30.3 Å². The van der Waals surface area contributed by atoms with E-state index in [1.54, 1.807) is 0 Å². The lowest BCUT2D eigenvalue weighted by Gasteiger charge is -2.41. The highest BCUT2D eigenvalue weighted by Gasteiger charge is 2.29. The van der Waals surface area contributed by atoms with Crippen molar-refractivity contribution in [3.05, 3.63) is 34.9 Å². The first kappa shape index (κ1) is 14.3. The van der Waals surface area contributed by atoms with Gasteiger partial charge in [0.1, 0.15) is 6.04 Å². The number of rotatable bonds is 3. The van der Waals surface area contributed by atoms with Crippen LogP contribution in [0.4, 0.5) is 0 Å². The van der Waals surface area contributed by atoms with Crippen molar-refractivity contribution in [3.8, 4) is 6.07 Å². The summed E-state index contributed by atoms with van der Waals surface area (Å²) in [6.07, 6.45) is 0. The van der Waals surface area contributed by atoms with Crippen LogP contribution in [0.25, 0.3) is 0 Å². The van der Waals surface area contributed by atoms with Crippen LogP contribution in [0.15, 0.2) is 24.3 Å². The minimum absolute atomic E-state index is 0.201. The van der Waals surface area contributed by atoms with Crippen LogP contribution >= 0.6 is 11.6 Å². The van der Waals surface area contributed by atoms with E-state index in [1.165, 1.54) is 0 Å². The molecule has 1 aliphatic heterocycles. The Balaban J connectivity index is 2.17. The number of hydrogen-bond donors (Lipinski definition) is 0. The molecular formula is C15H20ClN3. The maximum absolute atomic E-state index is 9.52. The quantitative estimate of drug-likeness (QED) is 0.851. The predicted octanol–water partition coefficient (Wildman–Crippen LogP) is 2.93. The van der Waals surface area contributed by atoms with Crippen LogP contribution in [0.2, 0.25) is 5.02 Å². The van der Waals surface area contributed by atoms with E-state index in [9.17, 15) is 5.26 Å². The van der Waals surface area contributed by atoms with E-state index < -0.39 is 0 Å². The van der Waals surface area contributed by atoms with E-state index in [1.807, 2.05) is 24.3 Å². The Hall–Kier alpha value is -1.08. The van der Waals surface area contributed by atoms with Crippen molar-refractivity contribution in [1.29, 1.82) is 5.26 Å². The molecule has 3 nitrogen and oxygen atoms in total. The molecule has 2 atom stereocenters. The maximum atomic E-state index is 9.52. The van der Waals surface area contributed by atoms with Gasteiger partial charge < -0.3 is 4.90 Å². The number of piperazine rings is 1. The van der Waals surface area contributed by atoms with Crippen LogP contribution < -0.4 is 0 Å². The second-order valence-electron chi connectivity index (χ2n) is 5.07. The van der Waals surface area contributed by atoms with E-state index in [-0.39, 0.29) is 6.04 Å². The van der Waals surface area contributed by atoms with Gasteiger partial charge in [-0.3, -0.25) is 4.90 Å². The van der Waals surface area contributed by atoms with Gasteiger partial charge in [0.15, 0.2) is 0 Å². The number of likely N-dealkylation sites (N-methyl/N-ethyl adjacent to an activating group) is 1. The number of hydrogen-bond acceptors (Lipinski definition) is 3. The molecule has 102 valence electrons. The maximum Gasteiger partial charge on any atom is 0.124 e. The first-order chi connectivity index (χ1) is 9.15. The first-order valence-corrected chi connectivity index (χ1v) is 7.16. The summed E-state index contributed by atoms with van der Waals surface area (Å²) in [6.45, 7) is 8.43. The fourth-order valence-corrected chi connectivity index (χ4v) is 2.93. The van der Waals surface area contributed by atoms with Gasteiger partial charge in [-0.25, -0.2) is 0 Å². The molecule has 19 heavy (non-hydrogen) atoms. The van der Waals surface area contributed by atoms with Crippen molar-refractivity contribution in [2.75, 3.05) is 26.2 Å². The van der Waals surface area contributed by atoms with E-state index >= 15 is 0 Å². The molecule has 0 saturated carbocycles. The van der Waals surface area contributed by atoms with Crippen LogP contribution in [-0.4, -0.2) is 42.0 Å². The number of nitriles is 1. The molecule has 0 aromatic heterocycles. The molecule has 1 aliphatic rings. The lowest BCUT2D eigenvalue weighted by atomic mass is 10.0. The Morgan fingerprint density at radius 3 is 2.84 bits per heavy atom. The van der Waals surface area contributed by atoms with Crippen LogP contribution in [0.1, 0.15) is 25.5 Å². The molecule has 1 saturated heterocycles. The van der Waals surface area contributed by atoms with Crippen molar-refractivity contribution >= 4 is 11.6 Å². The van der Waals surface area contributed by atoms with Crippen LogP contribution in [0, 0.1) is 11.3 Å². The molecule has 0 amide bonds. The highest BCUT2D eigenvalue weighted by atomic mass is 35.5. The highest BCUT2D eigenvalue weighted by Crippen LogP contribution is 2.26. The molecule has 1 fully saturated rings. The third-order valence-electron chi connectivity index (χ3n) is 3.83. The lowest BCUT2D eigenvalue weighted by Crippen LogP contribution is -2.52. The third-order valence-corrected chi connectivity index (χ3v) is 4.06. The van der Waals surface area contributed by atoms with Gasteiger partial charge in [-0.15, -0.1) is 0 Å². The molecule has 4 heteroatoms. The SMILES string of the molecule is CCN1CCN(C(C#N)c2cccc(Cl)c2)C(C)C1. The van der Waals surface area contributed by atoms with Crippen molar-refractivity contribution in [1.82, 2.24) is 9.80 Å². The zero-order chi connectivity index (χ0) is 13.8. The molecule has 0 N–H and O–H groups in total. The molecule has 2 rings (SSSR count). The monoisotopic (exact) mass is 277 g/mol. The smallest absolute Gasteiger partial charge is 0.124 e. The van der Waals surface area contributed by atoms with E-state index in [0.717, 1.165) is 31.7 Å².